The molecule has 3 amide bonds. The summed E-state index contributed by atoms with van der Waals surface area (Å²) >= 11 is 1.25. The van der Waals surface area contributed by atoms with E-state index in [4.69, 9.17) is 4.42 Å². The van der Waals surface area contributed by atoms with Crippen molar-refractivity contribution in [1.29, 1.82) is 0 Å². The van der Waals surface area contributed by atoms with Crippen LogP contribution in [-0.4, -0.2) is 24.3 Å². The van der Waals surface area contributed by atoms with Crippen LogP contribution in [0.5, 0.6) is 0 Å². The van der Waals surface area contributed by atoms with E-state index in [0.29, 0.717) is 4.88 Å². The normalized spacial score (nSPS) is 9.80. The van der Waals surface area contributed by atoms with Gasteiger partial charge in [-0.25, -0.2) is 0 Å². The van der Waals surface area contributed by atoms with Gasteiger partial charge in [0.2, 0.25) is 0 Å². The van der Waals surface area contributed by atoms with Gasteiger partial charge in [-0.1, -0.05) is 6.07 Å². The molecule has 7 nitrogen and oxygen atoms in total. The molecule has 0 atom stereocenters. The van der Waals surface area contributed by atoms with Crippen molar-refractivity contribution in [3.63, 3.8) is 0 Å². The predicted molar refractivity (Wildman–Crippen MR) is 71.0 cm³/mol. The van der Waals surface area contributed by atoms with Gasteiger partial charge >= 0.3 is 0 Å². The van der Waals surface area contributed by atoms with Crippen molar-refractivity contribution in [2.45, 2.75) is 0 Å². The molecule has 104 valence electrons. The lowest BCUT2D eigenvalue weighted by molar-refractivity contribution is -0.120. The topological polar surface area (TPSA) is 100 Å². The highest BCUT2D eigenvalue weighted by atomic mass is 32.1. The van der Waals surface area contributed by atoms with Crippen molar-refractivity contribution in [3.8, 4) is 0 Å². The first kappa shape index (κ1) is 13.8. The number of hydrazine groups is 1. The van der Waals surface area contributed by atoms with Gasteiger partial charge in [0.1, 0.15) is 0 Å². The first-order chi connectivity index (χ1) is 9.66. The highest BCUT2D eigenvalue weighted by Gasteiger charge is 2.11. The summed E-state index contributed by atoms with van der Waals surface area (Å²) in [7, 11) is 0. The minimum absolute atomic E-state index is 0.112. The molecule has 2 rings (SSSR count). The van der Waals surface area contributed by atoms with Gasteiger partial charge in [0.05, 0.1) is 17.7 Å². The van der Waals surface area contributed by atoms with E-state index < -0.39 is 17.7 Å². The fraction of sp³-hybridized carbons (Fsp3) is 0.0833. The Morgan fingerprint density at radius 1 is 1.10 bits per heavy atom. The smallest absolute Gasteiger partial charge is 0.287 e. The molecule has 0 bridgehead atoms. The maximum atomic E-state index is 11.5. The van der Waals surface area contributed by atoms with Gasteiger partial charge in [-0.15, -0.1) is 11.3 Å². The van der Waals surface area contributed by atoms with E-state index in [9.17, 15) is 14.4 Å². The van der Waals surface area contributed by atoms with Gasteiger partial charge in [0.25, 0.3) is 17.7 Å². The Bertz CT molecular complexity index is 540. The summed E-state index contributed by atoms with van der Waals surface area (Å²) < 4.78 is 4.86. The van der Waals surface area contributed by atoms with Gasteiger partial charge < -0.3 is 9.73 Å². The third-order valence-electron chi connectivity index (χ3n) is 2.21. The molecule has 2 heterocycles. The van der Waals surface area contributed by atoms with Gasteiger partial charge in [0.15, 0.2) is 5.76 Å². The van der Waals surface area contributed by atoms with Crippen molar-refractivity contribution < 1.29 is 18.8 Å². The second-order valence-corrected chi connectivity index (χ2v) is 4.59. The average molecular weight is 293 g/mol. The van der Waals surface area contributed by atoms with Crippen molar-refractivity contribution in [1.82, 2.24) is 16.2 Å². The van der Waals surface area contributed by atoms with Crippen molar-refractivity contribution in [3.05, 3.63) is 46.5 Å². The molecule has 0 saturated heterocycles. The summed E-state index contributed by atoms with van der Waals surface area (Å²) in [6.45, 7) is -0.274. The first-order valence-corrected chi connectivity index (χ1v) is 6.49. The molecule has 8 heteroatoms. The number of furan rings is 1. The molecule has 3 N–H and O–H groups in total. The van der Waals surface area contributed by atoms with E-state index in [2.05, 4.69) is 16.2 Å². The van der Waals surface area contributed by atoms with Gasteiger partial charge in [-0.2, -0.15) is 0 Å². The highest BCUT2D eigenvalue weighted by Crippen LogP contribution is 2.06. The molecule has 0 spiro atoms. The maximum Gasteiger partial charge on any atom is 0.287 e. The van der Waals surface area contributed by atoms with E-state index in [1.807, 2.05) is 0 Å². The number of thiophene rings is 1. The van der Waals surface area contributed by atoms with E-state index in [-0.39, 0.29) is 12.3 Å². The van der Waals surface area contributed by atoms with Crippen LogP contribution in [-0.2, 0) is 4.79 Å². The number of nitrogens with one attached hydrogen (secondary N) is 3. The van der Waals surface area contributed by atoms with E-state index in [1.165, 1.54) is 23.7 Å². The lowest BCUT2D eigenvalue weighted by Crippen LogP contribution is -2.46. The Morgan fingerprint density at radius 2 is 1.95 bits per heavy atom. The van der Waals surface area contributed by atoms with Gasteiger partial charge in [-0.3, -0.25) is 25.2 Å². The molecule has 2 aromatic heterocycles. The minimum Gasteiger partial charge on any atom is -0.459 e. The molecule has 0 saturated carbocycles. The number of amides is 3. The zero-order valence-electron chi connectivity index (χ0n) is 10.2. The SMILES string of the molecule is O=C(CNC(=O)c1ccco1)NNC(=O)c1cccs1. The molecule has 0 unspecified atom stereocenters. The zero-order valence-corrected chi connectivity index (χ0v) is 11.0. The summed E-state index contributed by atoms with van der Waals surface area (Å²) in [5, 5.41) is 4.10. The second kappa shape index (κ2) is 6.53. The Balaban J connectivity index is 1.71. The first-order valence-electron chi connectivity index (χ1n) is 5.61. The van der Waals surface area contributed by atoms with Crippen molar-refractivity contribution >= 4 is 29.1 Å². The number of carbonyl (C=O) groups is 3. The van der Waals surface area contributed by atoms with Crippen LogP contribution in [0.25, 0.3) is 0 Å². The fourth-order valence-electron chi connectivity index (χ4n) is 1.30. The Labute approximate surface area is 117 Å². The van der Waals surface area contributed by atoms with Gasteiger partial charge in [-0.05, 0) is 23.6 Å². The third kappa shape index (κ3) is 3.69. The lowest BCUT2D eigenvalue weighted by Gasteiger charge is -2.06. The van der Waals surface area contributed by atoms with E-state index >= 15 is 0 Å². The Hall–Kier alpha value is -2.61. The highest BCUT2D eigenvalue weighted by molar-refractivity contribution is 7.12. The van der Waals surface area contributed by atoms with Crippen LogP contribution in [0.2, 0.25) is 0 Å². The quantitative estimate of drug-likeness (QED) is 0.716. The number of hydrogen-bond acceptors (Lipinski definition) is 5. The van der Waals surface area contributed by atoms with Crippen LogP contribution in [0, 0.1) is 0 Å². The summed E-state index contributed by atoms with van der Waals surface area (Å²) in [5.74, 6) is -1.35. The monoisotopic (exact) mass is 293 g/mol. The van der Waals surface area contributed by atoms with Crippen LogP contribution in [0.15, 0.2) is 40.3 Å². The fourth-order valence-corrected chi connectivity index (χ4v) is 1.91. The van der Waals surface area contributed by atoms with Crippen LogP contribution in [0.3, 0.4) is 0 Å². The van der Waals surface area contributed by atoms with E-state index in [1.54, 1.807) is 23.6 Å². The Morgan fingerprint density at radius 3 is 2.60 bits per heavy atom. The van der Waals surface area contributed by atoms with Crippen molar-refractivity contribution in [2.75, 3.05) is 6.54 Å². The molecular formula is C12H11N3O4S. The largest absolute Gasteiger partial charge is 0.459 e. The molecular weight excluding hydrogens is 282 g/mol. The molecule has 0 aliphatic rings. The summed E-state index contributed by atoms with van der Waals surface area (Å²) in [6.07, 6.45) is 1.36. The Kier molecular flexibility index (Phi) is 4.51. The molecule has 0 aliphatic carbocycles. The summed E-state index contributed by atoms with van der Waals surface area (Å²) in [5.41, 5.74) is 4.43. The third-order valence-corrected chi connectivity index (χ3v) is 3.08. The minimum atomic E-state index is -0.546. The van der Waals surface area contributed by atoms with Crippen LogP contribution < -0.4 is 16.2 Å². The van der Waals surface area contributed by atoms with Crippen LogP contribution in [0.1, 0.15) is 20.2 Å². The molecule has 0 aliphatic heterocycles. The predicted octanol–water partition coefficient (Wildman–Crippen LogP) is 0.532. The van der Waals surface area contributed by atoms with Crippen molar-refractivity contribution in [2.24, 2.45) is 0 Å². The van der Waals surface area contributed by atoms with E-state index in [0.717, 1.165) is 0 Å². The standard InChI is InChI=1S/C12H11N3O4S/c16-10(7-13-11(17)8-3-1-5-19-8)14-15-12(18)9-4-2-6-20-9/h1-6H,7H2,(H,13,17)(H,14,16)(H,15,18). The van der Waals surface area contributed by atoms with Crippen LogP contribution in [0.4, 0.5) is 0 Å². The maximum absolute atomic E-state index is 11.5. The molecule has 0 aromatic carbocycles. The van der Waals surface area contributed by atoms with Gasteiger partial charge in [0, 0.05) is 0 Å². The average Bonchev–Trinajstić information content (AvgIpc) is 3.14. The number of rotatable bonds is 4. The molecule has 20 heavy (non-hydrogen) atoms. The number of carbonyl (C=O) groups excluding carboxylic acids is 3. The van der Waals surface area contributed by atoms with Crippen LogP contribution >= 0.6 is 11.3 Å². The summed E-state index contributed by atoms with van der Waals surface area (Å²) in [4.78, 5) is 34.9. The molecule has 0 radical (unpaired) electrons. The number of hydrogen-bond donors (Lipinski definition) is 3. The summed E-state index contributed by atoms with van der Waals surface area (Å²) in [6, 6.07) is 6.40. The lowest BCUT2D eigenvalue weighted by atomic mass is 10.4. The second-order valence-electron chi connectivity index (χ2n) is 3.64. The molecule has 0 fully saturated rings. The zero-order chi connectivity index (χ0) is 14.4. The molecule has 2 aromatic rings.